The maximum Gasteiger partial charge on any atom is 0.303 e. The monoisotopic (exact) mass is 257 g/mol. The molecule has 104 valence electrons. The van der Waals surface area contributed by atoms with E-state index >= 15 is 0 Å². The second-order valence-electron chi connectivity index (χ2n) is 5.03. The number of nitrogens with two attached hydrogens (primary N) is 1. The molecule has 0 aromatic carbocycles. The van der Waals surface area contributed by atoms with Crippen molar-refractivity contribution in [3.8, 4) is 0 Å². The zero-order valence-corrected chi connectivity index (χ0v) is 10.9. The summed E-state index contributed by atoms with van der Waals surface area (Å²) in [5, 5.41) is 11.3. The van der Waals surface area contributed by atoms with Gasteiger partial charge in [-0.2, -0.15) is 0 Å². The van der Waals surface area contributed by atoms with Gasteiger partial charge in [-0.3, -0.25) is 9.59 Å². The summed E-state index contributed by atoms with van der Waals surface area (Å²) in [4.78, 5) is 24.3. The van der Waals surface area contributed by atoms with Crippen LogP contribution in [0.25, 0.3) is 0 Å². The molecule has 1 aliphatic heterocycles. The summed E-state index contributed by atoms with van der Waals surface area (Å²) >= 11 is 0. The Morgan fingerprint density at radius 1 is 1.44 bits per heavy atom. The molecule has 6 nitrogen and oxygen atoms in total. The summed E-state index contributed by atoms with van der Waals surface area (Å²) in [7, 11) is 2.09. The lowest BCUT2D eigenvalue weighted by Gasteiger charge is -2.29. The van der Waals surface area contributed by atoms with Crippen molar-refractivity contribution in [2.24, 2.45) is 11.7 Å². The molecule has 18 heavy (non-hydrogen) atoms. The van der Waals surface area contributed by atoms with Crippen LogP contribution in [-0.4, -0.2) is 54.6 Å². The highest BCUT2D eigenvalue weighted by atomic mass is 16.4. The Labute approximate surface area is 108 Å². The summed E-state index contributed by atoms with van der Waals surface area (Å²) in [5.74, 6) is -0.652. The molecule has 1 heterocycles. The number of rotatable bonds is 6. The van der Waals surface area contributed by atoms with E-state index in [1.54, 1.807) is 0 Å². The number of hydrogen-bond donors (Lipinski definition) is 3. The number of piperidine rings is 1. The molecule has 1 fully saturated rings. The van der Waals surface area contributed by atoms with Gasteiger partial charge in [0.15, 0.2) is 0 Å². The Morgan fingerprint density at radius 2 is 2.06 bits per heavy atom. The average Bonchev–Trinajstić information content (AvgIpc) is 2.34. The first-order chi connectivity index (χ1) is 8.49. The summed E-state index contributed by atoms with van der Waals surface area (Å²) in [6.45, 7) is 2.77. The molecule has 1 rings (SSSR count). The summed E-state index contributed by atoms with van der Waals surface area (Å²) < 4.78 is 0. The van der Waals surface area contributed by atoms with Crippen LogP contribution in [0.3, 0.4) is 0 Å². The van der Waals surface area contributed by atoms with Crippen LogP contribution >= 0.6 is 0 Å². The smallest absolute Gasteiger partial charge is 0.303 e. The Morgan fingerprint density at radius 3 is 2.61 bits per heavy atom. The Balaban J connectivity index is 2.17. The number of hydrogen-bond acceptors (Lipinski definition) is 4. The molecular formula is C12H23N3O3. The van der Waals surface area contributed by atoms with E-state index in [0.29, 0.717) is 12.5 Å². The molecule has 0 aliphatic carbocycles. The van der Waals surface area contributed by atoms with E-state index in [4.69, 9.17) is 10.8 Å². The van der Waals surface area contributed by atoms with Gasteiger partial charge in [-0.1, -0.05) is 0 Å². The van der Waals surface area contributed by atoms with Gasteiger partial charge in [-0.05, 0) is 45.3 Å². The van der Waals surface area contributed by atoms with Crippen LogP contribution in [0.1, 0.15) is 25.7 Å². The number of carbonyl (C=O) groups excluding carboxylic acids is 1. The second kappa shape index (κ2) is 7.33. The molecule has 0 bridgehead atoms. The predicted octanol–water partition coefficient (Wildman–Crippen LogP) is -0.363. The van der Waals surface area contributed by atoms with Gasteiger partial charge in [0.25, 0.3) is 0 Å². The normalized spacial score (nSPS) is 19.4. The van der Waals surface area contributed by atoms with Gasteiger partial charge in [0.2, 0.25) is 5.91 Å². The van der Waals surface area contributed by atoms with Crippen LogP contribution < -0.4 is 11.1 Å². The lowest BCUT2D eigenvalue weighted by atomic mass is 9.97. The number of carboxylic acids is 1. The third-order valence-electron chi connectivity index (χ3n) is 3.41. The summed E-state index contributed by atoms with van der Waals surface area (Å²) in [6, 6.07) is -0.715. The average molecular weight is 257 g/mol. The van der Waals surface area contributed by atoms with Gasteiger partial charge in [0.05, 0.1) is 6.04 Å². The molecule has 4 N–H and O–H groups in total. The van der Waals surface area contributed by atoms with E-state index in [-0.39, 0.29) is 18.7 Å². The molecule has 0 aromatic rings. The van der Waals surface area contributed by atoms with E-state index in [9.17, 15) is 9.59 Å². The number of carboxylic acid groups (broad SMARTS) is 1. The molecule has 1 amide bonds. The van der Waals surface area contributed by atoms with Crippen LogP contribution in [0.5, 0.6) is 0 Å². The molecule has 0 radical (unpaired) electrons. The van der Waals surface area contributed by atoms with Crippen molar-refractivity contribution in [2.45, 2.75) is 31.7 Å². The fourth-order valence-electron chi connectivity index (χ4n) is 2.05. The van der Waals surface area contributed by atoms with Crippen LogP contribution in [0.2, 0.25) is 0 Å². The molecule has 1 aliphatic rings. The fraction of sp³-hybridized carbons (Fsp3) is 0.833. The molecule has 0 spiro atoms. The van der Waals surface area contributed by atoms with Gasteiger partial charge in [-0.15, -0.1) is 0 Å². The van der Waals surface area contributed by atoms with Gasteiger partial charge >= 0.3 is 5.97 Å². The van der Waals surface area contributed by atoms with Crippen LogP contribution in [0, 0.1) is 5.92 Å². The van der Waals surface area contributed by atoms with Crippen molar-refractivity contribution in [3.63, 3.8) is 0 Å². The van der Waals surface area contributed by atoms with Crippen molar-refractivity contribution in [1.29, 1.82) is 0 Å². The highest BCUT2D eigenvalue weighted by molar-refractivity contribution is 5.82. The first-order valence-electron chi connectivity index (χ1n) is 6.42. The second-order valence-corrected chi connectivity index (χ2v) is 5.03. The zero-order valence-electron chi connectivity index (χ0n) is 10.9. The SMILES string of the molecule is CN1CCC(CNC(=O)C(N)CCC(=O)O)CC1. The molecule has 0 saturated carbocycles. The number of nitrogens with one attached hydrogen (secondary N) is 1. The minimum Gasteiger partial charge on any atom is -0.481 e. The first-order valence-corrected chi connectivity index (χ1v) is 6.42. The third kappa shape index (κ3) is 5.46. The number of aliphatic carboxylic acids is 1. The minimum atomic E-state index is -0.923. The van der Waals surface area contributed by atoms with Gasteiger partial charge < -0.3 is 21.1 Å². The maximum atomic E-state index is 11.6. The summed E-state index contributed by atoms with van der Waals surface area (Å²) in [6.07, 6.45) is 2.29. The van der Waals surface area contributed by atoms with E-state index in [1.807, 2.05) is 0 Å². The van der Waals surface area contributed by atoms with Gasteiger partial charge in [0.1, 0.15) is 0 Å². The van der Waals surface area contributed by atoms with Crippen molar-refractivity contribution in [2.75, 3.05) is 26.7 Å². The van der Waals surface area contributed by atoms with Gasteiger partial charge in [0, 0.05) is 13.0 Å². The first kappa shape index (κ1) is 14.9. The highest BCUT2D eigenvalue weighted by Crippen LogP contribution is 2.14. The number of amides is 1. The largest absolute Gasteiger partial charge is 0.481 e. The van der Waals surface area contributed by atoms with Crippen molar-refractivity contribution in [1.82, 2.24) is 10.2 Å². The zero-order chi connectivity index (χ0) is 13.5. The maximum absolute atomic E-state index is 11.6. The summed E-state index contributed by atoms with van der Waals surface area (Å²) in [5.41, 5.74) is 5.62. The Kier molecular flexibility index (Phi) is 6.07. The van der Waals surface area contributed by atoms with Crippen LogP contribution in [0.4, 0.5) is 0 Å². The molecular weight excluding hydrogens is 234 g/mol. The topological polar surface area (TPSA) is 95.7 Å². The molecule has 1 atom stereocenters. The van der Waals surface area contributed by atoms with Crippen molar-refractivity contribution in [3.05, 3.63) is 0 Å². The van der Waals surface area contributed by atoms with Crippen LogP contribution in [-0.2, 0) is 9.59 Å². The molecule has 0 aromatic heterocycles. The lowest BCUT2D eigenvalue weighted by molar-refractivity contribution is -0.137. The van der Waals surface area contributed by atoms with E-state index in [1.165, 1.54) is 0 Å². The van der Waals surface area contributed by atoms with E-state index in [2.05, 4.69) is 17.3 Å². The molecule has 6 heteroatoms. The minimum absolute atomic E-state index is 0.0667. The Bertz CT molecular complexity index is 288. The van der Waals surface area contributed by atoms with Crippen LogP contribution in [0.15, 0.2) is 0 Å². The van der Waals surface area contributed by atoms with Crippen molar-refractivity contribution < 1.29 is 14.7 Å². The number of likely N-dealkylation sites (tertiary alicyclic amines) is 1. The lowest BCUT2D eigenvalue weighted by Crippen LogP contribution is -2.44. The number of nitrogens with zero attached hydrogens (tertiary/aromatic N) is 1. The van der Waals surface area contributed by atoms with E-state index in [0.717, 1.165) is 25.9 Å². The van der Waals surface area contributed by atoms with Gasteiger partial charge in [-0.25, -0.2) is 0 Å². The number of carbonyl (C=O) groups is 2. The third-order valence-corrected chi connectivity index (χ3v) is 3.41. The van der Waals surface area contributed by atoms with E-state index < -0.39 is 12.0 Å². The highest BCUT2D eigenvalue weighted by Gasteiger charge is 2.19. The Hall–Kier alpha value is -1.14. The molecule has 1 unspecified atom stereocenters. The predicted molar refractivity (Wildman–Crippen MR) is 68.1 cm³/mol. The van der Waals surface area contributed by atoms with Crippen molar-refractivity contribution >= 4 is 11.9 Å². The quantitative estimate of drug-likeness (QED) is 0.604. The standard InChI is InChI=1S/C12H23N3O3/c1-15-6-4-9(5-7-15)8-14-12(18)10(13)2-3-11(16)17/h9-10H,2-8,13H2,1H3,(H,14,18)(H,16,17). The fourth-order valence-corrected chi connectivity index (χ4v) is 2.05. The molecule has 1 saturated heterocycles.